The van der Waals surface area contributed by atoms with Crippen molar-refractivity contribution in [1.82, 2.24) is 5.32 Å². The monoisotopic (exact) mass is 389 g/mol. The molecule has 2 rings (SSSR count). The van der Waals surface area contributed by atoms with Gasteiger partial charge in [0.25, 0.3) is 0 Å². The summed E-state index contributed by atoms with van der Waals surface area (Å²) in [6.45, 7) is 2.08. The van der Waals surface area contributed by atoms with Gasteiger partial charge in [0, 0.05) is 13.0 Å². The molecule has 0 fully saturated rings. The maximum absolute atomic E-state index is 11.9. The molecule has 0 radical (unpaired) electrons. The van der Waals surface area contributed by atoms with Crippen LogP contribution in [0.3, 0.4) is 0 Å². The second-order valence-electron chi connectivity index (χ2n) is 6.15. The van der Waals surface area contributed by atoms with Crippen LogP contribution in [0, 0.1) is 0 Å². The first kappa shape index (κ1) is 20.6. The van der Waals surface area contributed by atoms with E-state index < -0.39 is 15.8 Å². The zero-order chi connectivity index (χ0) is 19.9. The molecule has 27 heavy (non-hydrogen) atoms. The van der Waals surface area contributed by atoms with Crippen molar-refractivity contribution in [2.75, 3.05) is 12.3 Å². The topological polar surface area (TPSA) is 101 Å². The van der Waals surface area contributed by atoms with Crippen molar-refractivity contribution in [2.24, 2.45) is 0 Å². The van der Waals surface area contributed by atoms with Crippen molar-refractivity contribution < 1.29 is 23.1 Å². The van der Waals surface area contributed by atoms with Crippen LogP contribution in [0.4, 0.5) is 0 Å². The zero-order valence-corrected chi connectivity index (χ0v) is 16.0. The maximum Gasteiger partial charge on any atom is 0.335 e. The first-order valence-electron chi connectivity index (χ1n) is 8.72. The molecule has 0 atom stereocenters. The van der Waals surface area contributed by atoms with Crippen LogP contribution < -0.4 is 5.32 Å². The number of carbonyl (C=O) groups is 2. The molecule has 0 spiro atoms. The van der Waals surface area contributed by atoms with Crippen LogP contribution in [-0.2, 0) is 27.5 Å². The molecule has 0 bridgehead atoms. The molecular formula is C20H23NO5S. The molecule has 0 aliphatic carbocycles. The summed E-state index contributed by atoms with van der Waals surface area (Å²) in [6.07, 6.45) is 1.47. The number of aromatic carboxylic acids is 1. The number of benzene rings is 2. The summed E-state index contributed by atoms with van der Waals surface area (Å²) in [5.74, 6) is -0.981. The largest absolute Gasteiger partial charge is 0.478 e. The SMILES string of the molecule is CCS(=O)(=O)c1ccc(CCC(=O)NCCc2ccc(C(=O)O)cc2)cc1. The average molecular weight is 389 g/mol. The summed E-state index contributed by atoms with van der Waals surface area (Å²) in [6, 6.07) is 13.2. The fraction of sp³-hybridized carbons (Fsp3) is 0.300. The highest BCUT2D eigenvalue weighted by Crippen LogP contribution is 2.13. The minimum absolute atomic E-state index is 0.0633. The number of carboxylic acid groups (broad SMARTS) is 1. The van der Waals surface area contributed by atoms with Gasteiger partial charge in [0.15, 0.2) is 9.84 Å². The lowest BCUT2D eigenvalue weighted by Gasteiger charge is -2.07. The molecular weight excluding hydrogens is 366 g/mol. The summed E-state index contributed by atoms with van der Waals surface area (Å²) < 4.78 is 23.5. The van der Waals surface area contributed by atoms with E-state index in [0.717, 1.165) is 11.1 Å². The predicted molar refractivity (Wildman–Crippen MR) is 103 cm³/mol. The minimum Gasteiger partial charge on any atom is -0.478 e. The highest BCUT2D eigenvalue weighted by Gasteiger charge is 2.11. The fourth-order valence-corrected chi connectivity index (χ4v) is 3.42. The normalized spacial score (nSPS) is 11.1. The number of carbonyl (C=O) groups excluding carboxylic acids is 1. The highest BCUT2D eigenvalue weighted by molar-refractivity contribution is 7.91. The van der Waals surface area contributed by atoms with Gasteiger partial charge in [-0.3, -0.25) is 4.79 Å². The second-order valence-corrected chi connectivity index (χ2v) is 8.43. The third kappa shape index (κ3) is 6.21. The minimum atomic E-state index is -3.20. The number of carboxylic acids is 1. The lowest BCUT2D eigenvalue weighted by Crippen LogP contribution is -2.25. The summed E-state index contributed by atoms with van der Waals surface area (Å²) in [5.41, 5.74) is 2.10. The molecule has 0 aliphatic rings. The van der Waals surface area contributed by atoms with E-state index in [2.05, 4.69) is 5.32 Å². The Morgan fingerprint density at radius 1 is 0.926 bits per heavy atom. The first-order valence-corrected chi connectivity index (χ1v) is 10.4. The molecule has 7 heteroatoms. The average Bonchev–Trinajstić information content (AvgIpc) is 2.67. The predicted octanol–water partition coefficient (Wildman–Crippen LogP) is 2.47. The third-order valence-corrected chi connectivity index (χ3v) is 5.99. The van der Waals surface area contributed by atoms with E-state index in [1.165, 1.54) is 0 Å². The summed E-state index contributed by atoms with van der Waals surface area (Å²) in [4.78, 5) is 23.0. The number of nitrogens with one attached hydrogen (secondary N) is 1. The number of hydrogen-bond acceptors (Lipinski definition) is 4. The number of aryl methyl sites for hydroxylation is 1. The van der Waals surface area contributed by atoms with Gasteiger partial charge >= 0.3 is 5.97 Å². The standard InChI is InChI=1S/C20H23NO5S/c1-2-27(25,26)18-10-5-15(6-11-18)7-12-19(22)21-14-13-16-3-8-17(9-4-16)20(23)24/h3-6,8-11H,2,7,12-14H2,1H3,(H,21,22)(H,23,24). The lowest BCUT2D eigenvalue weighted by molar-refractivity contribution is -0.121. The van der Waals surface area contributed by atoms with Gasteiger partial charge in [-0.15, -0.1) is 0 Å². The van der Waals surface area contributed by atoms with Gasteiger partial charge in [0.05, 0.1) is 16.2 Å². The van der Waals surface area contributed by atoms with Crippen molar-refractivity contribution in [1.29, 1.82) is 0 Å². The van der Waals surface area contributed by atoms with E-state index in [-0.39, 0.29) is 17.2 Å². The van der Waals surface area contributed by atoms with Gasteiger partial charge in [0.1, 0.15) is 0 Å². The lowest BCUT2D eigenvalue weighted by atomic mass is 10.1. The third-order valence-electron chi connectivity index (χ3n) is 4.24. The Labute approximate surface area is 159 Å². The number of rotatable bonds is 9. The van der Waals surface area contributed by atoms with Crippen LogP contribution in [-0.4, -0.2) is 37.7 Å². The molecule has 144 valence electrons. The summed E-state index contributed by atoms with van der Waals surface area (Å²) in [7, 11) is -3.20. The van der Waals surface area contributed by atoms with E-state index in [0.29, 0.717) is 30.7 Å². The molecule has 1 amide bonds. The van der Waals surface area contributed by atoms with Crippen LogP contribution in [0.25, 0.3) is 0 Å². The van der Waals surface area contributed by atoms with E-state index in [4.69, 9.17) is 5.11 Å². The van der Waals surface area contributed by atoms with Crippen molar-refractivity contribution in [3.05, 3.63) is 65.2 Å². The smallest absolute Gasteiger partial charge is 0.335 e. The molecule has 0 heterocycles. The van der Waals surface area contributed by atoms with Gasteiger partial charge in [-0.25, -0.2) is 13.2 Å². The van der Waals surface area contributed by atoms with Crippen LogP contribution in [0.1, 0.15) is 34.8 Å². The van der Waals surface area contributed by atoms with Crippen molar-refractivity contribution in [3.8, 4) is 0 Å². The molecule has 0 saturated carbocycles. The number of amides is 1. The van der Waals surface area contributed by atoms with Crippen LogP contribution in [0.2, 0.25) is 0 Å². The Morgan fingerprint density at radius 2 is 1.48 bits per heavy atom. The molecule has 0 aromatic heterocycles. The quantitative estimate of drug-likeness (QED) is 0.686. The summed E-state index contributed by atoms with van der Waals surface area (Å²) >= 11 is 0. The molecule has 2 aromatic rings. The molecule has 0 unspecified atom stereocenters. The number of sulfone groups is 1. The Hall–Kier alpha value is -2.67. The van der Waals surface area contributed by atoms with E-state index in [9.17, 15) is 18.0 Å². The maximum atomic E-state index is 11.9. The van der Waals surface area contributed by atoms with Gasteiger partial charge in [-0.1, -0.05) is 31.2 Å². The Morgan fingerprint density at radius 3 is 2.04 bits per heavy atom. The zero-order valence-electron chi connectivity index (χ0n) is 15.1. The van der Waals surface area contributed by atoms with Gasteiger partial charge in [-0.05, 0) is 48.2 Å². The van der Waals surface area contributed by atoms with Crippen molar-refractivity contribution >= 4 is 21.7 Å². The Balaban J connectivity index is 1.75. The number of hydrogen-bond donors (Lipinski definition) is 2. The molecule has 2 aromatic carbocycles. The van der Waals surface area contributed by atoms with Crippen LogP contribution in [0.5, 0.6) is 0 Å². The Bertz CT molecular complexity index is 887. The van der Waals surface area contributed by atoms with Gasteiger partial charge in [0.2, 0.25) is 5.91 Å². The first-order chi connectivity index (χ1) is 12.8. The van der Waals surface area contributed by atoms with Crippen LogP contribution in [0.15, 0.2) is 53.4 Å². The summed E-state index contributed by atoms with van der Waals surface area (Å²) in [5, 5.41) is 11.7. The van der Waals surface area contributed by atoms with E-state index in [1.807, 2.05) is 0 Å². The Kier molecular flexibility index (Phi) is 7.12. The van der Waals surface area contributed by atoms with Gasteiger partial charge < -0.3 is 10.4 Å². The fourth-order valence-electron chi connectivity index (χ4n) is 2.54. The van der Waals surface area contributed by atoms with Crippen molar-refractivity contribution in [2.45, 2.75) is 31.1 Å². The molecule has 6 nitrogen and oxygen atoms in total. The van der Waals surface area contributed by atoms with E-state index >= 15 is 0 Å². The van der Waals surface area contributed by atoms with Crippen LogP contribution >= 0.6 is 0 Å². The molecule has 0 aliphatic heterocycles. The van der Waals surface area contributed by atoms with Crippen molar-refractivity contribution in [3.63, 3.8) is 0 Å². The van der Waals surface area contributed by atoms with Gasteiger partial charge in [-0.2, -0.15) is 0 Å². The molecule has 2 N–H and O–H groups in total. The highest BCUT2D eigenvalue weighted by atomic mass is 32.2. The second kappa shape index (κ2) is 9.32. The molecule has 0 saturated heterocycles. The van der Waals surface area contributed by atoms with E-state index in [1.54, 1.807) is 55.5 Å².